The van der Waals surface area contributed by atoms with Gasteiger partial charge in [-0.1, -0.05) is 30.4 Å². The molecule has 0 saturated heterocycles. The molecule has 1 aromatic rings. The predicted molar refractivity (Wildman–Crippen MR) is 60.5 cm³/mol. The van der Waals surface area contributed by atoms with Crippen molar-refractivity contribution in [2.45, 2.75) is 12.5 Å². The van der Waals surface area contributed by atoms with Crippen LogP contribution in [0.25, 0.3) is 0 Å². The summed E-state index contributed by atoms with van der Waals surface area (Å²) in [6.07, 6.45) is 4.57. The van der Waals surface area contributed by atoms with Crippen LogP contribution in [0.2, 0.25) is 0 Å². The maximum absolute atomic E-state index is 11.9. The lowest BCUT2D eigenvalue weighted by atomic mass is 10.2. The van der Waals surface area contributed by atoms with Gasteiger partial charge in [0.2, 0.25) is 5.91 Å². The molecule has 0 bridgehead atoms. The number of nitrogens with two attached hydrogens (primary N) is 1. The van der Waals surface area contributed by atoms with Crippen LogP contribution in [0.5, 0.6) is 0 Å². The van der Waals surface area contributed by atoms with Crippen molar-refractivity contribution in [3.05, 3.63) is 42.5 Å². The Bertz CT molecular complexity index is 372. The van der Waals surface area contributed by atoms with Crippen LogP contribution in [0.1, 0.15) is 6.42 Å². The number of amides is 1. The zero-order valence-corrected chi connectivity index (χ0v) is 8.47. The minimum absolute atomic E-state index is 0.00815. The first kappa shape index (κ1) is 9.93. The highest BCUT2D eigenvalue weighted by Gasteiger charge is 2.22. The molecular formula is C12H14N2O. The third-order valence-electron chi connectivity index (χ3n) is 2.50. The lowest BCUT2D eigenvalue weighted by Crippen LogP contribution is -2.42. The summed E-state index contributed by atoms with van der Waals surface area (Å²) >= 11 is 0. The highest BCUT2D eigenvalue weighted by molar-refractivity contribution is 5.97. The average molecular weight is 202 g/mol. The number of carbonyl (C=O) groups excluding carboxylic acids is 1. The molecule has 1 aromatic carbocycles. The number of rotatable bonds is 1. The number of nitrogens with zero attached hydrogens (tertiary/aromatic N) is 1. The van der Waals surface area contributed by atoms with Crippen molar-refractivity contribution >= 4 is 11.6 Å². The monoisotopic (exact) mass is 202 g/mol. The first-order valence-electron chi connectivity index (χ1n) is 5.06. The molecule has 78 valence electrons. The Balaban J connectivity index is 2.28. The lowest BCUT2D eigenvalue weighted by Gasteiger charge is -2.22. The summed E-state index contributed by atoms with van der Waals surface area (Å²) in [5.74, 6) is -0.00815. The fourth-order valence-corrected chi connectivity index (χ4v) is 1.65. The van der Waals surface area contributed by atoms with E-state index in [4.69, 9.17) is 5.73 Å². The van der Waals surface area contributed by atoms with Crippen LogP contribution in [0, 0.1) is 0 Å². The quantitative estimate of drug-likeness (QED) is 0.698. The number of benzene rings is 1. The van der Waals surface area contributed by atoms with Gasteiger partial charge in [0.1, 0.15) is 0 Å². The van der Waals surface area contributed by atoms with Crippen LogP contribution in [0.4, 0.5) is 5.69 Å². The lowest BCUT2D eigenvalue weighted by molar-refractivity contribution is -0.119. The topological polar surface area (TPSA) is 46.3 Å². The van der Waals surface area contributed by atoms with Gasteiger partial charge in [-0.05, 0) is 18.6 Å². The van der Waals surface area contributed by atoms with Gasteiger partial charge < -0.3 is 10.6 Å². The molecule has 15 heavy (non-hydrogen) atoms. The molecule has 1 aliphatic rings. The maximum Gasteiger partial charge on any atom is 0.244 e. The Morgan fingerprint density at radius 2 is 1.93 bits per heavy atom. The van der Waals surface area contributed by atoms with Gasteiger partial charge in [-0.2, -0.15) is 0 Å². The molecule has 0 spiro atoms. The predicted octanol–water partition coefficient (Wildman–Crippen LogP) is 1.31. The van der Waals surface area contributed by atoms with Crippen molar-refractivity contribution in [2.24, 2.45) is 5.73 Å². The number of hydrogen-bond acceptors (Lipinski definition) is 2. The zero-order valence-electron chi connectivity index (χ0n) is 8.47. The van der Waals surface area contributed by atoms with Crippen molar-refractivity contribution in [3.63, 3.8) is 0 Å². The van der Waals surface area contributed by atoms with Gasteiger partial charge in [0, 0.05) is 12.2 Å². The second kappa shape index (κ2) is 4.28. The van der Waals surface area contributed by atoms with Gasteiger partial charge in [0.25, 0.3) is 0 Å². The SMILES string of the molecule is N[C@H]1CC=CCN(c2ccccc2)C1=O. The fourth-order valence-electron chi connectivity index (χ4n) is 1.65. The molecule has 0 radical (unpaired) electrons. The minimum atomic E-state index is -0.413. The molecule has 1 amide bonds. The molecule has 3 heteroatoms. The molecule has 1 atom stereocenters. The molecule has 1 aliphatic heterocycles. The molecule has 2 N–H and O–H groups in total. The van der Waals surface area contributed by atoms with Crippen LogP contribution in [-0.2, 0) is 4.79 Å². The van der Waals surface area contributed by atoms with Gasteiger partial charge >= 0.3 is 0 Å². The van der Waals surface area contributed by atoms with Crippen molar-refractivity contribution in [2.75, 3.05) is 11.4 Å². The number of carbonyl (C=O) groups is 1. The number of para-hydroxylation sites is 1. The summed E-state index contributed by atoms with van der Waals surface area (Å²) in [6, 6.07) is 9.20. The number of hydrogen-bond donors (Lipinski definition) is 1. The molecule has 1 heterocycles. The van der Waals surface area contributed by atoms with Gasteiger partial charge in [-0.25, -0.2) is 0 Å². The van der Waals surface area contributed by atoms with Crippen LogP contribution in [0.3, 0.4) is 0 Å². The summed E-state index contributed by atoms with van der Waals surface area (Å²) in [5, 5.41) is 0. The van der Waals surface area contributed by atoms with Gasteiger partial charge in [0.15, 0.2) is 0 Å². The van der Waals surface area contributed by atoms with E-state index in [0.29, 0.717) is 13.0 Å². The molecule has 0 unspecified atom stereocenters. The second-order valence-corrected chi connectivity index (χ2v) is 3.60. The van der Waals surface area contributed by atoms with Gasteiger partial charge in [-0.3, -0.25) is 4.79 Å². The molecule has 2 rings (SSSR count). The standard InChI is InChI=1S/C12H14N2O/c13-11-8-4-5-9-14(12(11)15)10-6-2-1-3-7-10/h1-7,11H,8-9,13H2/t11-/m0/s1. The average Bonchev–Trinajstić information content (AvgIpc) is 2.44. The largest absolute Gasteiger partial charge is 0.320 e. The summed E-state index contributed by atoms with van der Waals surface area (Å²) in [6.45, 7) is 0.608. The first-order chi connectivity index (χ1) is 7.29. The van der Waals surface area contributed by atoms with Crippen LogP contribution in [-0.4, -0.2) is 18.5 Å². The smallest absolute Gasteiger partial charge is 0.244 e. The van der Waals surface area contributed by atoms with Crippen molar-refractivity contribution in [1.29, 1.82) is 0 Å². The third-order valence-corrected chi connectivity index (χ3v) is 2.50. The Morgan fingerprint density at radius 3 is 2.67 bits per heavy atom. The van der Waals surface area contributed by atoms with Gasteiger partial charge in [0.05, 0.1) is 6.04 Å². The molecule has 0 fully saturated rings. The van der Waals surface area contributed by atoms with E-state index < -0.39 is 6.04 Å². The van der Waals surface area contributed by atoms with Crippen LogP contribution < -0.4 is 10.6 Å². The van der Waals surface area contributed by atoms with Crippen LogP contribution >= 0.6 is 0 Å². The highest BCUT2D eigenvalue weighted by atomic mass is 16.2. The minimum Gasteiger partial charge on any atom is -0.320 e. The molecule has 0 aromatic heterocycles. The van der Waals surface area contributed by atoms with E-state index in [1.165, 1.54) is 0 Å². The fraction of sp³-hybridized carbons (Fsp3) is 0.250. The van der Waals surface area contributed by atoms with E-state index >= 15 is 0 Å². The summed E-state index contributed by atoms with van der Waals surface area (Å²) in [5.41, 5.74) is 6.67. The third kappa shape index (κ3) is 2.07. The molecule has 3 nitrogen and oxygen atoms in total. The van der Waals surface area contributed by atoms with Crippen LogP contribution in [0.15, 0.2) is 42.5 Å². The zero-order chi connectivity index (χ0) is 10.7. The first-order valence-corrected chi connectivity index (χ1v) is 5.06. The maximum atomic E-state index is 11.9. The molecule has 0 aliphatic carbocycles. The van der Waals surface area contributed by atoms with E-state index in [2.05, 4.69) is 0 Å². The van der Waals surface area contributed by atoms with E-state index in [1.807, 2.05) is 42.5 Å². The Labute approximate surface area is 89.2 Å². The van der Waals surface area contributed by atoms with Gasteiger partial charge in [-0.15, -0.1) is 0 Å². The highest BCUT2D eigenvalue weighted by Crippen LogP contribution is 2.16. The Hall–Kier alpha value is -1.61. The normalized spacial score (nSPS) is 21.5. The van der Waals surface area contributed by atoms with Crippen molar-refractivity contribution < 1.29 is 4.79 Å². The summed E-state index contributed by atoms with van der Waals surface area (Å²) in [7, 11) is 0. The van der Waals surface area contributed by atoms with E-state index in [9.17, 15) is 4.79 Å². The van der Waals surface area contributed by atoms with E-state index in [1.54, 1.807) is 4.90 Å². The van der Waals surface area contributed by atoms with E-state index in [-0.39, 0.29) is 5.91 Å². The molecular weight excluding hydrogens is 188 g/mol. The Morgan fingerprint density at radius 1 is 1.20 bits per heavy atom. The summed E-state index contributed by atoms with van der Waals surface area (Å²) in [4.78, 5) is 13.6. The van der Waals surface area contributed by atoms with Crippen molar-refractivity contribution in [1.82, 2.24) is 0 Å². The molecule has 0 saturated carbocycles. The summed E-state index contributed by atoms with van der Waals surface area (Å²) < 4.78 is 0. The second-order valence-electron chi connectivity index (χ2n) is 3.60. The number of anilines is 1. The Kier molecular flexibility index (Phi) is 2.83. The van der Waals surface area contributed by atoms with Crippen molar-refractivity contribution in [3.8, 4) is 0 Å². The van der Waals surface area contributed by atoms with E-state index in [0.717, 1.165) is 5.69 Å².